The van der Waals surface area contributed by atoms with Gasteiger partial charge in [-0.05, 0) is 37.0 Å². The summed E-state index contributed by atoms with van der Waals surface area (Å²) in [6, 6.07) is 5.07. The number of nitrogens with one attached hydrogen (secondary N) is 1. The Morgan fingerprint density at radius 1 is 1.37 bits per heavy atom. The average molecular weight is 260 g/mol. The lowest BCUT2D eigenvalue weighted by Gasteiger charge is -2.30. The highest BCUT2D eigenvalue weighted by Crippen LogP contribution is 2.19. The predicted molar refractivity (Wildman–Crippen MR) is 71.1 cm³/mol. The summed E-state index contributed by atoms with van der Waals surface area (Å²) in [5, 5.41) is 0. The second-order valence-electron chi connectivity index (χ2n) is 5.20. The summed E-state index contributed by atoms with van der Waals surface area (Å²) < 4.78 is 4.98. The van der Waals surface area contributed by atoms with Crippen molar-refractivity contribution in [3.63, 3.8) is 0 Å². The quantitative estimate of drug-likeness (QED) is 0.852. The molecule has 100 valence electrons. The maximum Gasteiger partial charge on any atom is 0.417 e. The lowest BCUT2D eigenvalue weighted by atomic mass is 9.98. The van der Waals surface area contributed by atoms with E-state index in [9.17, 15) is 9.59 Å². The zero-order valence-electron chi connectivity index (χ0n) is 10.8. The second kappa shape index (κ2) is 4.57. The molecule has 19 heavy (non-hydrogen) atoms. The fourth-order valence-corrected chi connectivity index (χ4v) is 2.47. The molecule has 2 aromatic rings. The highest BCUT2D eigenvalue weighted by molar-refractivity contribution is 5.97. The smallest absolute Gasteiger partial charge is 0.408 e. The van der Waals surface area contributed by atoms with Gasteiger partial charge in [0.05, 0.1) is 5.52 Å². The van der Waals surface area contributed by atoms with E-state index in [2.05, 4.69) is 11.9 Å². The molecule has 5 heteroatoms. The van der Waals surface area contributed by atoms with Crippen molar-refractivity contribution in [2.45, 2.75) is 19.8 Å². The van der Waals surface area contributed by atoms with E-state index in [0.29, 0.717) is 22.6 Å². The molecule has 0 aliphatic carbocycles. The minimum atomic E-state index is -0.494. The first kappa shape index (κ1) is 12.0. The van der Waals surface area contributed by atoms with Crippen LogP contribution in [0.4, 0.5) is 0 Å². The molecule has 1 fully saturated rings. The third-order valence-corrected chi connectivity index (χ3v) is 3.74. The number of nitrogens with zero attached hydrogens (tertiary/aromatic N) is 1. The van der Waals surface area contributed by atoms with E-state index < -0.39 is 5.76 Å². The van der Waals surface area contributed by atoms with Crippen LogP contribution in [0.25, 0.3) is 11.1 Å². The van der Waals surface area contributed by atoms with Crippen molar-refractivity contribution in [3.05, 3.63) is 34.3 Å². The minimum absolute atomic E-state index is 0.0117. The molecular weight excluding hydrogens is 244 g/mol. The number of carbonyl (C=O) groups is 1. The van der Waals surface area contributed by atoms with Crippen molar-refractivity contribution in [2.75, 3.05) is 13.1 Å². The first-order chi connectivity index (χ1) is 9.13. The first-order valence-corrected chi connectivity index (χ1v) is 6.55. The molecule has 1 aliphatic heterocycles. The van der Waals surface area contributed by atoms with Gasteiger partial charge in [0, 0.05) is 18.7 Å². The van der Waals surface area contributed by atoms with Crippen molar-refractivity contribution in [3.8, 4) is 0 Å². The normalized spacial score (nSPS) is 17.0. The Bertz CT molecular complexity index is 663. The maximum atomic E-state index is 12.4. The Morgan fingerprint density at radius 3 is 2.84 bits per heavy atom. The molecule has 0 spiro atoms. The zero-order valence-corrected chi connectivity index (χ0v) is 10.8. The zero-order chi connectivity index (χ0) is 13.4. The number of hydrogen-bond donors (Lipinski definition) is 1. The third kappa shape index (κ3) is 2.28. The number of amides is 1. The molecule has 1 amide bonds. The van der Waals surface area contributed by atoms with Gasteiger partial charge in [-0.25, -0.2) is 4.79 Å². The lowest BCUT2D eigenvalue weighted by Crippen LogP contribution is -2.37. The van der Waals surface area contributed by atoms with Crippen molar-refractivity contribution >= 4 is 17.0 Å². The van der Waals surface area contributed by atoms with Crippen LogP contribution in [0.1, 0.15) is 30.1 Å². The highest BCUT2D eigenvalue weighted by atomic mass is 16.4. The Kier molecular flexibility index (Phi) is 2.89. The van der Waals surface area contributed by atoms with Gasteiger partial charge in [0.2, 0.25) is 0 Å². The number of piperidine rings is 1. The van der Waals surface area contributed by atoms with Crippen molar-refractivity contribution in [2.24, 2.45) is 5.92 Å². The monoisotopic (exact) mass is 260 g/mol. The van der Waals surface area contributed by atoms with Gasteiger partial charge in [0.25, 0.3) is 5.91 Å². The van der Waals surface area contributed by atoms with Crippen molar-refractivity contribution in [1.82, 2.24) is 9.88 Å². The summed E-state index contributed by atoms with van der Waals surface area (Å²) in [6.07, 6.45) is 2.10. The lowest BCUT2D eigenvalue weighted by molar-refractivity contribution is 0.0697. The van der Waals surface area contributed by atoms with Crippen LogP contribution >= 0.6 is 0 Å². The third-order valence-electron chi connectivity index (χ3n) is 3.74. The first-order valence-electron chi connectivity index (χ1n) is 6.55. The van der Waals surface area contributed by atoms with Crippen molar-refractivity contribution < 1.29 is 9.21 Å². The van der Waals surface area contributed by atoms with Gasteiger partial charge >= 0.3 is 5.76 Å². The summed E-state index contributed by atoms with van der Waals surface area (Å²) in [4.78, 5) is 27.9. The van der Waals surface area contributed by atoms with Crippen molar-refractivity contribution in [1.29, 1.82) is 0 Å². The van der Waals surface area contributed by atoms with Crippen LogP contribution in [0.2, 0.25) is 0 Å². The molecule has 1 saturated heterocycles. The molecular formula is C14H16N2O3. The maximum absolute atomic E-state index is 12.4. The van der Waals surface area contributed by atoms with Gasteiger partial charge in [-0.15, -0.1) is 0 Å². The summed E-state index contributed by atoms with van der Waals surface area (Å²) in [5.74, 6) is 0.207. The summed E-state index contributed by atoms with van der Waals surface area (Å²) >= 11 is 0. The fraction of sp³-hybridized carbons (Fsp3) is 0.429. The van der Waals surface area contributed by atoms with Gasteiger partial charge in [-0.2, -0.15) is 0 Å². The van der Waals surface area contributed by atoms with Gasteiger partial charge in [0.1, 0.15) is 0 Å². The average Bonchev–Trinajstić information content (AvgIpc) is 2.77. The van der Waals surface area contributed by atoms with E-state index in [1.165, 1.54) is 0 Å². The van der Waals surface area contributed by atoms with Crippen LogP contribution < -0.4 is 5.76 Å². The molecule has 5 nitrogen and oxygen atoms in total. The molecule has 1 aromatic carbocycles. The number of rotatable bonds is 1. The molecule has 1 N–H and O–H groups in total. The van der Waals surface area contributed by atoms with Crippen LogP contribution in [0.5, 0.6) is 0 Å². The molecule has 2 heterocycles. The van der Waals surface area contributed by atoms with Crippen LogP contribution in [0.15, 0.2) is 27.4 Å². The predicted octanol–water partition coefficient (Wildman–Crippen LogP) is 1.99. The standard InChI is InChI=1S/C14H16N2O3/c1-9-4-6-16(7-5-9)13(17)10-2-3-11-12(8-10)19-14(18)15-11/h2-3,8-9H,4-7H2,1H3,(H,15,18). The molecule has 0 bridgehead atoms. The van der Waals surface area contributed by atoms with Crippen LogP contribution in [0, 0.1) is 5.92 Å². The largest absolute Gasteiger partial charge is 0.417 e. The number of hydrogen-bond acceptors (Lipinski definition) is 3. The summed E-state index contributed by atoms with van der Waals surface area (Å²) in [5.41, 5.74) is 1.62. The molecule has 1 aromatic heterocycles. The number of benzene rings is 1. The SMILES string of the molecule is CC1CCN(C(=O)c2ccc3[nH]c(=O)oc3c2)CC1. The van der Waals surface area contributed by atoms with E-state index in [1.807, 2.05) is 4.90 Å². The Morgan fingerprint density at radius 2 is 2.11 bits per heavy atom. The topological polar surface area (TPSA) is 66.3 Å². The van der Waals surface area contributed by atoms with Gasteiger partial charge in [-0.1, -0.05) is 6.92 Å². The minimum Gasteiger partial charge on any atom is -0.408 e. The summed E-state index contributed by atoms with van der Waals surface area (Å²) in [7, 11) is 0. The number of aromatic amines is 1. The number of aromatic nitrogens is 1. The van der Waals surface area contributed by atoms with E-state index >= 15 is 0 Å². The molecule has 0 radical (unpaired) electrons. The second-order valence-corrected chi connectivity index (χ2v) is 5.20. The van der Waals surface area contributed by atoms with Gasteiger partial charge in [0.15, 0.2) is 5.58 Å². The molecule has 0 atom stereocenters. The Hall–Kier alpha value is -2.04. The number of H-pyrrole nitrogens is 1. The van der Waals surface area contributed by atoms with E-state index in [4.69, 9.17) is 4.42 Å². The van der Waals surface area contributed by atoms with Crippen LogP contribution in [-0.4, -0.2) is 28.9 Å². The summed E-state index contributed by atoms with van der Waals surface area (Å²) in [6.45, 7) is 3.81. The van der Waals surface area contributed by atoms with E-state index in [1.54, 1.807) is 18.2 Å². The molecule has 3 rings (SSSR count). The number of fused-ring (bicyclic) bond motifs is 1. The molecule has 1 aliphatic rings. The highest BCUT2D eigenvalue weighted by Gasteiger charge is 2.21. The van der Waals surface area contributed by atoms with E-state index in [0.717, 1.165) is 25.9 Å². The van der Waals surface area contributed by atoms with Crippen LogP contribution in [0.3, 0.4) is 0 Å². The fourth-order valence-electron chi connectivity index (χ4n) is 2.47. The van der Waals surface area contributed by atoms with Gasteiger partial charge < -0.3 is 9.32 Å². The molecule has 0 saturated carbocycles. The number of likely N-dealkylation sites (tertiary alicyclic amines) is 1. The Balaban J connectivity index is 1.86. The molecule has 0 unspecified atom stereocenters. The van der Waals surface area contributed by atoms with Gasteiger partial charge in [-0.3, -0.25) is 9.78 Å². The Labute approximate surface area is 110 Å². The van der Waals surface area contributed by atoms with E-state index in [-0.39, 0.29) is 5.91 Å². The van der Waals surface area contributed by atoms with Crippen LogP contribution in [-0.2, 0) is 0 Å². The number of carbonyl (C=O) groups excluding carboxylic acids is 1. The number of oxazole rings is 1.